The zero-order valence-electron chi connectivity index (χ0n) is 18.0. The summed E-state index contributed by atoms with van der Waals surface area (Å²) in [6, 6.07) is 9.43. The van der Waals surface area contributed by atoms with Gasteiger partial charge in [-0.15, -0.1) is 0 Å². The minimum absolute atomic E-state index is 0.0504. The first-order chi connectivity index (χ1) is 14.6. The molecule has 0 radical (unpaired) electrons. The van der Waals surface area contributed by atoms with Gasteiger partial charge in [-0.2, -0.15) is 0 Å². The van der Waals surface area contributed by atoms with Crippen molar-refractivity contribution >= 4 is 36.7 Å². The molecule has 8 nitrogen and oxygen atoms in total. The Balaban J connectivity index is 1.74. The van der Waals surface area contributed by atoms with E-state index in [1.54, 1.807) is 6.08 Å². The number of halogens is 1. The summed E-state index contributed by atoms with van der Waals surface area (Å²) in [4.78, 5) is 20.2. The highest BCUT2D eigenvalue weighted by atomic mass is 35.5. The third-order valence-corrected chi connectivity index (χ3v) is 5.55. The van der Waals surface area contributed by atoms with Crippen molar-refractivity contribution in [3.05, 3.63) is 58.4 Å². The van der Waals surface area contributed by atoms with E-state index in [9.17, 15) is 4.79 Å². The number of nitrogen functional groups attached to an aromatic ring is 1. The van der Waals surface area contributed by atoms with Gasteiger partial charge in [-0.3, -0.25) is 0 Å². The zero-order valence-corrected chi connectivity index (χ0v) is 18.8. The number of carbonyl (C=O) groups excluding carboxylic acids is 1. The van der Waals surface area contributed by atoms with Gasteiger partial charge in [-0.05, 0) is 50.3 Å². The predicted octanol–water partition coefficient (Wildman–Crippen LogP) is 3.65. The van der Waals surface area contributed by atoms with Crippen LogP contribution in [-0.2, 0) is 20.7 Å². The van der Waals surface area contributed by atoms with Crippen molar-refractivity contribution in [3.8, 4) is 0 Å². The molecule has 3 rings (SSSR count). The number of amides is 1. The highest BCUT2D eigenvalue weighted by molar-refractivity contribution is 6.56. The fourth-order valence-electron chi connectivity index (χ4n) is 2.84. The lowest BCUT2D eigenvalue weighted by Gasteiger charge is -2.32. The van der Waals surface area contributed by atoms with Crippen LogP contribution in [0.5, 0.6) is 0 Å². The first-order valence-electron chi connectivity index (χ1n) is 9.86. The van der Waals surface area contributed by atoms with Gasteiger partial charge in [0.2, 0.25) is 5.28 Å². The van der Waals surface area contributed by atoms with E-state index in [2.05, 4.69) is 15.3 Å². The van der Waals surface area contributed by atoms with Gasteiger partial charge in [0.1, 0.15) is 12.4 Å². The molecule has 0 saturated carbocycles. The first-order valence-corrected chi connectivity index (χ1v) is 10.2. The Morgan fingerprint density at radius 2 is 1.87 bits per heavy atom. The molecule has 2 heterocycles. The van der Waals surface area contributed by atoms with E-state index in [1.165, 1.54) is 6.20 Å². The van der Waals surface area contributed by atoms with Crippen molar-refractivity contribution < 1.29 is 18.8 Å². The van der Waals surface area contributed by atoms with E-state index in [4.69, 9.17) is 31.4 Å². The molecule has 0 aliphatic carbocycles. The van der Waals surface area contributed by atoms with E-state index in [-0.39, 0.29) is 24.3 Å². The van der Waals surface area contributed by atoms with Crippen LogP contribution in [0.25, 0.3) is 6.08 Å². The van der Waals surface area contributed by atoms with E-state index in [0.717, 1.165) is 5.56 Å². The highest BCUT2D eigenvalue weighted by Crippen LogP contribution is 2.38. The highest BCUT2D eigenvalue weighted by Gasteiger charge is 2.52. The van der Waals surface area contributed by atoms with Crippen molar-refractivity contribution in [2.75, 3.05) is 12.3 Å². The van der Waals surface area contributed by atoms with Crippen LogP contribution in [0.3, 0.4) is 0 Å². The maximum absolute atomic E-state index is 12.2. The number of nitrogens with two attached hydrogens (primary N) is 1. The second-order valence-corrected chi connectivity index (χ2v) is 8.54. The minimum Gasteiger partial charge on any atom is -0.445 e. The normalized spacial score (nSPS) is 17.5. The summed E-state index contributed by atoms with van der Waals surface area (Å²) in [5, 5.41) is 2.79. The molecule has 164 valence electrons. The van der Waals surface area contributed by atoms with Crippen LogP contribution >= 0.6 is 11.6 Å². The second-order valence-electron chi connectivity index (χ2n) is 8.20. The Labute approximate surface area is 187 Å². The van der Waals surface area contributed by atoms with Crippen LogP contribution < -0.4 is 11.1 Å². The lowest BCUT2D eigenvalue weighted by Crippen LogP contribution is -2.41. The molecular formula is C21H26BClN4O4. The fourth-order valence-corrected chi connectivity index (χ4v) is 2.98. The number of aromatic nitrogens is 2. The zero-order chi connectivity index (χ0) is 22.6. The van der Waals surface area contributed by atoms with Crippen LogP contribution in [0, 0.1) is 0 Å². The van der Waals surface area contributed by atoms with Gasteiger partial charge in [0.15, 0.2) is 0 Å². The lowest BCUT2D eigenvalue weighted by atomic mass is 9.77. The molecule has 2 aromatic rings. The molecule has 0 unspecified atom stereocenters. The summed E-state index contributed by atoms with van der Waals surface area (Å²) in [5.74, 6) is 0.209. The maximum Gasteiger partial charge on any atom is 0.492 e. The summed E-state index contributed by atoms with van der Waals surface area (Å²) in [5.41, 5.74) is 6.93. The summed E-state index contributed by atoms with van der Waals surface area (Å²) in [7, 11) is -0.700. The average molecular weight is 445 g/mol. The van der Waals surface area contributed by atoms with Crippen LogP contribution in [0.4, 0.5) is 10.6 Å². The molecular weight excluding hydrogens is 419 g/mol. The van der Waals surface area contributed by atoms with Crippen molar-refractivity contribution in [1.29, 1.82) is 0 Å². The van der Waals surface area contributed by atoms with Crippen molar-refractivity contribution in [2.24, 2.45) is 0 Å². The van der Waals surface area contributed by atoms with E-state index < -0.39 is 24.4 Å². The summed E-state index contributed by atoms with van der Waals surface area (Å²) in [6.07, 6.45) is 2.67. The molecule has 31 heavy (non-hydrogen) atoms. The smallest absolute Gasteiger partial charge is 0.445 e. The second kappa shape index (κ2) is 9.26. The Morgan fingerprint density at radius 1 is 1.23 bits per heavy atom. The number of ether oxygens (including phenoxy) is 1. The molecule has 1 aliphatic rings. The van der Waals surface area contributed by atoms with Gasteiger partial charge in [-0.25, -0.2) is 14.8 Å². The van der Waals surface area contributed by atoms with Crippen LogP contribution in [-0.4, -0.2) is 40.9 Å². The van der Waals surface area contributed by atoms with Crippen LogP contribution in [0.1, 0.15) is 38.8 Å². The third kappa shape index (κ3) is 5.75. The van der Waals surface area contributed by atoms with E-state index >= 15 is 0 Å². The Bertz CT molecular complexity index is 953. The number of hydrogen-bond donors (Lipinski definition) is 2. The van der Waals surface area contributed by atoms with Crippen LogP contribution in [0.15, 0.2) is 42.0 Å². The van der Waals surface area contributed by atoms with Crippen LogP contribution in [0.2, 0.25) is 5.28 Å². The predicted molar refractivity (Wildman–Crippen MR) is 120 cm³/mol. The van der Waals surface area contributed by atoms with Crippen molar-refractivity contribution in [3.63, 3.8) is 0 Å². The number of alkyl carbamates (subject to hydrolysis) is 1. The molecule has 1 saturated heterocycles. The van der Waals surface area contributed by atoms with Gasteiger partial charge in [-0.1, -0.05) is 36.4 Å². The standard InChI is InChI=1S/C21H26BClN4O4/c1-20(2)21(3,4)31-22(30-20)16(10-15-11-25-18(23)27-17(15)24)12-26-19(28)29-13-14-8-6-5-7-9-14/h5-11H,12-13H2,1-4H3,(H,26,28)(H2,24,25,27). The van der Waals surface area contributed by atoms with Gasteiger partial charge >= 0.3 is 13.2 Å². The van der Waals surface area contributed by atoms with Gasteiger partial charge in [0.25, 0.3) is 0 Å². The summed E-state index contributed by atoms with van der Waals surface area (Å²) >= 11 is 5.80. The number of nitrogens with zero attached hydrogens (tertiary/aromatic N) is 2. The molecule has 1 aliphatic heterocycles. The largest absolute Gasteiger partial charge is 0.492 e. The molecule has 1 aromatic heterocycles. The number of benzene rings is 1. The van der Waals surface area contributed by atoms with Crippen molar-refractivity contribution in [2.45, 2.75) is 45.5 Å². The molecule has 1 aromatic carbocycles. The van der Waals surface area contributed by atoms with Crippen molar-refractivity contribution in [1.82, 2.24) is 15.3 Å². The molecule has 3 N–H and O–H groups in total. The monoisotopic (exact) mass is 444 g/mol. The molecule has 10 heteroatoms. The quantitative estimate of drug-likeness (QED) is 0.517. The first kappa shape index (κ1) is 23.1. The Morgan fingerprint density at radius 3 is 2.48 bits per heavy atom. The number of carbonyl (C=O) groups is 1. The van der Waals surface area contributed by atoms with Gasteiger partial charge in [0, 0.05) is 18.3 Å². The number of hydrogen-bond acceptors (Lipinski definition) is 7. The number of anilines is 1. The maximum atomic E-state index is 12.2. The Hall–Kier alpha value is -2.62. The summed E-state index contributed by atoms with van der Waals surface area (Å²) < 4.78 is 17.6. The third-order valence-electron chi connectivity index (χ3n) is 5.37. The molecule has 1 amide bonds. The number of rotatable bonds is 6. The average Bonchev–Trinajstić information content (AvgIpc) is 2.93. The Kier molecular flexibility index (Phi) is 6.88. The van der Waals surface area contributed by atoms with E-state index in [0.29, 0.717) is 11.0 Å². The fraction of sp³-hybridized carbons (Fsp3) is 0.381. The van der Waals surface area contributed by atoms with E-state index in [1.807, 2.05) is 58.0 Å². The van der Waals surface area contributed by atoms with Gasteiger partial charge < -0.3 is 25.1 Å². The topological polar surface area (TPSA) is 109 Å². The van der Waals surface area contributed by atoms with Gasteiger partial charge in [0.05, 0.1) is 11.2 Å². The number of nitrogens with one attached hydrogen (secondary N) is 1. The molecule has 0 bridgehead atoms. The molecule has 0 atom stereocenters. The lowest BCUT2D eigenvalue weighted by molar-refractivity contribution is 0.00578. The SMILES string of the molecule is CC1(C)OB(C(=Cc2cnc(Cl)nc2N)CNC(=O)OCc2ccccc2)OC1(C)C. The molecule has 0 spiro atoms. The molecule has 1 fully saturated rings. The minimum atomic E-state index is -0.700. The summed E-state index contributed by atoms with van der Waals surface area (Å²) in [6.45, 7) is 8.09.